The molecule has 0 aromatic heterocycles. The number of hydrogen-bond donors (Lipinski definition) is 2. The molecule has 0 aromatic carbocycles. The second kappa shape index (κ2) is 81.1. The molecule has 2 atom stereocenters. The molecule has 2 unspecified atom stereocenters. The molecular formula is C87H152NO8P. The van der Waals surface area contributed by atoms with Crippen LogP contribution in [0.15, 0.2) is 134 Å². The molecule has 0 fully saturated rings. The van der Waals surface area contributed by atoms with Crippen LogP contribution < -0.4 is 5.73 Å². The maximum absolute atomic E-state index is 12.8. The third-order valence-corrected chi connectivity index (χ3v) is 18.5. The molecule has 0 aliphatic rings. The third-order valence-electron chi connectivity index (χ3n) is 17.5. The highest BCUT2D eigenvalue weighted by atomic mass is 31.2. The minimum absolute atomic E-state index is 0.0437. The number of nitrogens with two attached hydrogens (primary N) is 1. The summed E-state index contributed by atoms with van der Waals surface area (Å²) in [7, 11) is -4.41. The van der Waals surface area contributed by atoms with E-state index in [0.717, 1.165) is 109 Å². The van der Waals surface area contributed by atoms with Gasteiger partial charge in [-0.3, -0.25) is 18.6 Å². The van der Waals surface area contributed by atoms with Crippen molar-refractivity contribution in [2.75, 3.05) is 26.4 Å². The molecule has 0 spiro atoms. The Morgan fingerprint density at radius 1 is 0.320 bits per heavy atom. The molecule has 0 aliphatic carbocycles. The number of carbonyl (C=O) groups excluding carboxylic acids is 2. The zero-order valence-electron chi connectivity index (χ0n) is 63.0. The van der Waals surface area contributed by atoms with Crippen LogP contribution in [0.5, 0.6) is 0 Å². The Labute approximate surface area is 599 Å². The predicted molar refractivity (Wildman–Crippen MR) is 422 cm³/mol. The minimum atomic E-state index is -4.41. The van der Waals surface area contributed by atoms with Crippen molar-refractivity contribution in [1.29, 1.82) is 0 Å². The lowest BCUT2D eigenvalue weighted by molar-refractivity contribution is -0.161. The zero-order chi connectivity index (χ0) is 70.0. The van der Waals surface area contributed by atoms with Crippen molar-refractivity contribution in [3.63, 3.8) is 0 Å². The first kappa shape index (κ1) is 93.2. The quantitative estimate of drug-likeness (QED) is 0.0264. The van der Waals surface area contributed by atoms with E-state index in [1.165, 1.54) is 231 Å². The van der Waals surface area contributed by atoms with Crippen LogP contribution >= 0.6 is 7.82 Å². The normalized spacial score (nSPS) is 13.6. The van der Waals surface area contributed by atoms with Crippen LogP contribution in [-0.4, -0.2) is 49.3 Å². The Morgan fingerprint density at radius 2 is 0.567 bits per heavy atom. The van der Waals surface area contributed by atoms with Crippen molar-refractivity contribution in [1.82, 2.24) is 0 Å². The van der Waals surface area contributed by atoms with Gasteiger partial charge >= 0.3 is 19.8 Å². The molecule has 558 valence electrons. The van der Waals surface area contributed by atoms with Crippen molar-refractivity contribution in [3.8, 4) is 0 Å². The molecule has 0 aliphatic heterocycles. The van der Waals surface area contributed by atoms with Gasteiger partial charge in [-0.15, -0.1) is 0 Å². The molecule has 0 saturated heterocycles. The largest absolute Gasteiger partial charge is 0.472 e. The summed E-state index contributed by atoms with van der Waals surface area (Å²) in [6, 6.07) is 0. The van der Waals surface area contributed by atoms with E-state index in [4.69, 9.17) is 24.3 Å². The van der Waals surface area contributed by atoms with E-state index in [1.54, 1.807) is 0 Å². The van der Waals surface area contributed by atoms with Crippen molar-refractivity contribution in [2.24, 2.45) is 5.73 Å². The fourth-order valence-electron chi connectivity index (χ4n) is 11.5. The van der Waals surface area contributed by atoms with Gasteiger partial charge in [0, 0.05) is 19.4 Å². The van der Waals surface area contributed by atoms with Gasteiger partial charge in [0.15, 0.2) is 6.10 Å². The second-order valence-electron chi connectivity index (χ2n) is 26.9. The maximum atomic E-state index is 12.8. The molecule has 0 radical (unpaired) electrons. The van der Waals surface area contributed by atoms with Crippen LogP contribution in [0.1, 0.15) is 373 Å². The lowest BCUT2D eigenvalue weighted by Gasteiger charge is -2.19. The standard InChI is InChI=1S/C87H152NO8P/c1-3-5-7-9-11-13-15-17-19-21-23-25-27-29-31-33-35-37-39-40-41-42-43-44-46-47-49-51-53-55-57-59-61-63-65-67-69-71-73-75-77-79-86(89)93-83-85(84-95-97(91,92)94-82-81-88)96-87(90)80-78-76-74-72-70-68-66-64-62-60-58-56-54-52-50-48-45-38-36-34-32-30-28-26-24-22-20-18-16-14-12-10-8-6-4-2/h6,8,12,14,18,20-21,23-24,26,30,32,36,38,48,50,54,56,60,62,66,68,85H,3-5,7,9-11,13,15-17,19,22,25,27-29,31,33-35,37,39-47,49,51-53,55,57-59,61,63-65,67,69-84,88H2,1-2H3,(H,91,92)/b8-6-,14-12-,20-18-,23-21-,26-24-,32-30-,38-36-,50-48-,56-54-,62-60-,68-66-. The molecule has 9 nitrogen and oxygen atoms in total. The number of phosphoric ester groups is 1. The lowest BCUT2D eigenvalue weighted by Crippen LogP contribution is -2.29. The topological polar surface area (TPSA) is 134 Å². The van der Waals surface area contributed by atoms with Crippen LogP contribution in [0, 0.1) is 0 Å². The van der Waals surface area contributed by atoms with Gasteiger partial charge in [-0.2, -0.15) is 0 Å². The second-order valence-corrected chi connectivity index (χ2v) is 28.4. The van der Waals surface area contributed by atoms with E-state index in [1.807, 2.05) is 0 Å². The monoisotopic (exact) mass is 1370 g/mol. The van der Waals surface area contributed by atoms with Crippen molar-refractivity contribution in [3.05, 3.63) is 134 Å². The summed E-state index contributed by atoms with van der Waals surface area (Å²) in [6.07, 6.45) is 116. The van der Waals surface area contributed by atoms with Gasteiger partial charge in [0.1, 0.15) is 6.61 Å². The van der Waals surface area contributed by atoms with Gasteiger partial charge in [0.05, 0.1) is 13.2 Å². The van der Waals surface area contributed by atoms with Crippen molar-refractivity contribution >= 4 is 19.8 Å². The number of phosphoric acid groups is 1. The number of unbranched alkanes of at least 4 members (excludes halogenated alkanes) is 41. The third kappa shape index (κ3) is 81.0. The fourth-order valence-corrected chi connectivity index (χ4v) is 12.3. The maximum Gasteiger partial charge on any atom is 0.472 e. The minimum Gasteiger partial charge on any atom is -0.462 e. The first-order valence-electron chi connectivity index (χ1n) is 40.7. The van der Waals surface area contributed by atoms with Crippen LogP contribution in [0.2, 0.25) is 0 Å². The Morgan fingerprint density at radius 3 is 0.856 bits per heavy atom. The molecule has 0 aromatic rings. The van der Waals surface area contributed by atoms with Crippen LogP contribution in [0.4, 0.5) is 0 Å². The SMILES string of the molecule is CC/C=C\C/C=C\C/C=C\C/C=C\C/C=C\C/C=C\C/C=C\C/C=C\C/C=C\C/C=C\CCCCCCC(=O)OC(COC(=O)CCCCCCCCCCCCCCCCCCCCCCCCCCCCCCC/C=C\CCCCCCCCCC)COP(=O)(O)OCCN. The van der Waals surface area contributed by atoms with E-state index in [-0.39, 0.29) is 38.6 Å². The van der Waals surface area contributed by atoms with Gasteiger partial charge in [0.2, 0.25) is 0 Å². The van der Waals surface area contributed by atoms with Crippen molar-refractivity contribution in [2.45, 2.75) is 380 Å². The van der Waals surface area contributed by atoms with Gasteiger partial charge < -0.3 is 20.1 Å². The Balaban J connectivity index is 3.86. The van der Waals surface area contributed by atoms with Gasteiger partial charge in [-0.1, -0.05) is 379 Å². The Kier molecular flexibility index (Phi) is 77.9. The van der Waals surface area contributed by atoms with Gasteiger partial charge in [-0.25, -0.2) is 4.57 Å². The first-order valence-corrected chi connectivity index (χ1v) is 42.2. The van der Waals surface area contributed by atoms with E-state index in [0.29, 0.717) is 6.42 Å². The van der Waals surface area contributed by atoms with Crippen LogP contribution in [0.3, 0.4) is 0 Å². The summed E-state index contributed by atoms with van der Waals surface area (Å²) in [4.78, 5) is 35.4. The Bertz CT molecular complexity index is 2060. The summed E-state index contributed by atoms with van der Waals surface area (Å²) in [5, 5.41) is 0. The average Bonchev–Trinajstić information content (AvgIpc) is 2.69. The number of esters is 2. The number of hydrogen-bond acceptors (Lipinski definition) is 8. The van der Waals surface area contributed by atoms with Gasteiger partial charge in [0.25, 0.3) is 0 Å². The van der Waals surface area contributed by atoms with Gasteiger partial charge in [-0.05, 0) is 116 Å². The lowest BCUT2D eigenvalue weighted by atomic mass is 10.0. The summed E-state index contributed by atoms with van der Waals surface area (Å²) >= 11 is 0. The number of rotatable bonds is 76. The smallest absolute Gasteiger partial charge is 0.462 e. The highest BCUT2D eigenvalue weighted by Crippen LogP contribution is 2.43. The van der Waals surface area contributed by atoms with Crippen molar-refractivity contribution < 1.29 is 37.6 Å². The molecule has 97 heavy (non-hydrogen) atoms. The molecule has 10 heteroatoms. The number of carbonyl (C=O) groups is 2. The highest BCUT2D eigenvalue weighted by Gasteiger charge is 2.26. The molecule has 0 bridgehead atoms. The van der Waals surface area contributed by atoms with E-state index in [9.17, 15) is 19.0 Å². The molecule has 0 amide bonds. The summed E-state index contributed by atoms with van der Waals surface area (Å²) in [5.41, 5.74) is 5.41. The predicted octanol–water partition coefficient (Wildman–Crippen LogP) is 27.5. The molecular weight excluding hydrogens is 1220 g/mol. The molecule has 0 saturated carbocycles. The van der Waals surface area contributed by atoms with E-state index >= 15 is 0 Å². The molecule has 3 N–H and O–H groups in total. The Hall–Kier alpha value is -3.85. The molecule has 0 heterocycles. The molecule has 0 rings (SSSR count). The summed E-state index contributed by atoms with van der Waals surface area (Å²) < 4.78 is 33.2. The number of allylic oxidation sites excluding steroid dienone is 22. The number of ether oxygens (including phenoxy) is 2. The fraction of sp³-hybridized carbons (Fsp3) is 0.724. The highest BCUT2D eigenvalue weighted by molar-refractivity contribution is 7.47. The van der Waals surface area contributed by atoms with E-state index < -0.39 is 26.5 Å². The summed E-state index contributed by atoms with van der Waals surface area (Å²) in [5.74, 6) is -0.852. The zero-order valence-corrected chi connectivity index (χ0v) is 63.9. The van der Waals surface area contributed by atoms with Crippen LogP contribution in [-0.2, 0) is 32.7 Å². The average molecular weight is 1370 g/mol. The summed E-state index contributed by atoms with van der Waals surface area (Å²) in [6.45, 7) is 3.63. The first-order chi connectivity index (χ1) is 47.8. The van der Waals surface area contributed by atoms with E-state index in [2.05, 4.69) is 148 Å². The van der Waals surface area contributed by atoms with Crippen LogP contribution in [0.25, 0.3) is 0 Å².